The van der Waals surface area contributed by atoms with E-state index in [2.05, 4.69) is 88.4 Å². The van der Waals surface area contributed by atoms with E-state index in [1.807, 2.05) is 20.2 Å². The average Bonchev–Trinajstić information content (AvgIpc) is 3.20. The molecule has 0 saturated heterocycles. The van der Waals surface area contributed by atoms with Crippen LogP contribution in [-0.2, 0) is 12.6 Å². The van der Waals surface area contributed by atoms with Gasteiger partial charge in [0.05, 0.1) is 34.5 Å². The van der Waals surface area contributed by atoms with Crippen LogP contribution in [0.4, 0.5) is 0 Å². The van der Waals surface area contributed by atoms with Crippen molar-refractivity contribution in [2.45, 2.75) is 26.3 Å². The summed E-state index contributed by atoms with van der Waals surface area (Å²) in [7, 11) is 2.08. The van der Waals surface area contributed by atoms with Crippen molar-refractivity contribution >= 4 is 59.9 Å². The van der Waals surface area contributed by atoms with Crippen molar-refractivity contribution in [2.75, 3.05) is 0 Å². The zero-order valence-electron chi connectivity index (χ0n) is 19.6. The first-order valence-corrected chi connectivity index (χ1v) is 11.6. The molecule has 3 aromatic heterocycles. The number of rotatable bonds is 1. The van der Waals surface area contributed by atoms with Crippen LogP contribution in [0, 0.1) is 13.5 Å². The molecule has 0 fully saturated rings. The number of pyridine rings is 1. The van der Waals surface area contributed by atoms with Crippen LogP contribution in [0.5, 0.6) is 0 Å². The number of aromatic nitrogens is 3. The molecule has 0 amide bonds. The summed E-state index contributed by atoms with van der Waals surface area (Å²) in [4.78, 5) is 8.89. The fourth-order valence-corrected chi connectivity index (χ4v) is 5.95. The molecule has 0 radical (unpaired) electrons. The maximum Gasteiger partial charge on any atom is 0.287 e. The van der Waals surface area contributed by atoms with Crippen LogP contribution in [0.3, 0.4) is 0 Å². The second-order valence-electron chi connectivity index (χ2n) is 9.89. The van der Waals surface area contributed by atoms with Crippen molar-refractivity contribution in [3.63, 3.8) is 0 Å². The molecule has 34 heavy (non-hydrogen) atoms. The van der Waals surface area contributed by atoms with E-state index in [0.29, 0.717) is 0 Å². The number of nitrogens with zero attached hydrogens (tertiary/aromatic N) is 4. The van der Waals surface area contributed by atoms with Gasteiger partial charge in [0.25, 0.3) is 11.9 Å². The van der Waals surface area contributed by atoms with Crippen LogP contribution in [0.1, 0.15) is 25.0 Å². The molecule has 4 aromatic carbocycles. The van der Waals surface area contributed by atoms with Crippen LogP contribution in [0.15, 0.2) is 67.0 Å². The summed E-state index contributed by atoms with van der Waals surface area (Å²) in [6.45, 7) is 14.2. The van der Waals surface area contributed by atoms with Crippen molar-refractivity contribution in [2.24, 2.45) is 7.05 Å². The van der Waals surface area contributed by atoms with Crippen molar-refractivity contribution in [1.82, 2.24) is 9.38 Å². The van der Waals surface area contributed by atoms with E-state index in [-0.39, 0.29) is 0 Å². The molecule has 4 heteroatoms. The third-order valence-corrected chi connectivity index (χ3v) is 7.58. The molecule has 0 atom stereocenters. The van der Waals surface area contributed by atoms with Gasteiger partial charge in [-0.1, -0.05) is 42.5 Å². The second kappa shape index (κ2) is 6.21. The molecule has 0 spiro atoms. The minimum absolute atomic E-state index is 0.664. The van der Waals surface area contributed by atoms with Gasteiger partial charge in [0.1, 0.15) is 5.52 Å². The lowest BCUT2D eigenvalue weighted by atomic mass is 9.88. The minimum atomic E-state index is -0.664. The molecule has 0 unspecified atom stereocenters. The fourth-order valence-electron chi connectivity index (χ4n) is 5.95. The van der Waals surface area contributed by atoms with Crippen molar-refractivity contribution < 1.29 is 4.57 Å². The standard InChI is InChI=1S/C30H23N4/c1-17-19-11-7-6-10-18(19)14-24-25(17)28-27-22(32-16-33(28)5)15-21(30(2,3)31-4)26-20-12-8-9-13-23(20)34(24)29(26)27/h6-16H,1-3,5H3/q+1. The molecule has 3 heterocycles. The van der Waals surface area contributed by atoms with Gasteiger partial charge in [-0.2, -0.15) is 0 Å². The summed E-state index contributed by atoms with van der Waals surface area (Å²) in [6, 6.07) is 21.7. The quantitative estimate of drug-likeness (QED) is 0.119. The zero-order chi connectivity index (χ0) is 23.4. The maximum atomic E-state index is 7.96. The van der Waals surface area contributed by atoms with E-state index in [1.54, 1.807) is 0 Å². The number of para-hydroxylation sites is 1. The molecule has 7 rings (SSSR count). The maximum absolute atomic E-state index is 7.96. The van der Waals surface area contributed by atoms with Crippen LogP contribution < -0.4 is 4.57 Å². The monoisotopic (exact) mass is 439 g/mol. The largest absolute Gasteiger partial charge is 0.307 e. The van der Waals surface area contributed by atoms with E-state index in [1.165, 1.54) is 43.7 Å². The molecule has 0 bridgehead atoms. The summed E-state index contributed by atoms with van der Waals surface area (Å²) >= 11 is 0. The Bertz CT molecular complexity index is 2020. The van der Waals surface area contributed by atoms with E-state index in [0.717, 1.165) is 27.4 Å². The summed E-state index contributed by atoms with van der Waals surface area (Å²) in [5, 5.41) is 7.26. The second-order valence-corrected chi connectivity index (χ2v) is 9.89. The highest BCUT2D eigenvalue weighted by Gasteiger charge is 2.34. The zero-order valence-corrected chi connectivity index (χ0v) is 19.6. The van der Waals surface area contributed by atoms with Crippen molar-refractivity contribution in [3.8, 4) is 0 Å². The van der Waals surface area contributed by atoms with Gasteiger partial charge in [-0.05, 0) is 40.4 Å². The smallest absolute Gasteiger partial charge is 0.287 e. The summed E-state index contributed by atoms with van der Waals surface area (Å²) in [5.41, 5.74) is 7.29. The van der Waals surface area contributed by atoms with E-state index in [4.69, 9.17) is 11.6 Å². The first-order valence-electron chi connectivity index (χ1n) is 11.6. The Morgan fingerprint density at radius 1 is 0.912 bits per heavy atom. The SMILES string of the molecule is [C-]#[N+]C(C)(C)c1cc2nc[n+](C)c3c4c(C)c5ccccc5cc4n4c5ccccc5c1c4c23. The van der Waals surface area contributed by atoms with Gasteiger partial charge in [-0.25, -0.2) is 11.1 Å². The molecule has 162 valence electrons. The number of aryl methyl sites for hydroxylation is 2. The minimum Gasteiger partial charge on any atom is -0.307 e. The van der Waals surface area contributed by atoms with Crippen LogP contribution in [0.2, 0.25) is 0 Å². The molecule has 7 aromatic rings. The van der Waals surface area contributed by atoms with Gasteiger partial charge >= 0.3 is 0 Å². The number of benzene rings is 4. The van der Waals surface area contributed by atoms with Gasteiger partial charge in [-0.3, -0.25) is 0 Å². The van der Waals surface area contributed by atoms with Crippen LogP contribution >= 0.6 is 0 Å². The lowest BCUT2D eigenvalue weighted by molar-refractivity contribution is -0.646. The third-order valence-electron chi connectivity index (χ3n) is 7.58. The topological polar surface area (TPSA) is 25.5 Å². The molecule has 0 N–H and O–H groups in total. The van der Waals surface area contributed by atoms with Crippen LogP contribution in [0.25, 0.3) is 64.7 Å². The van der Waals surface area contributed by atoms with Crippen LogP contribution in [-0.4, -0.2) is 9.38 Å². The Balaban J connectivity index is 1.95. The Hall–Kier alpha value is -4.23. The van der Waals surface area contributed by atoms with E-state index >= 15 is 0 Å². The van der Waals surface area contributed by atoms with Gasteiger partial charge in [0.2, 0.25) is 0 Å². The first-order chi connectivity index (χ1) is 16.4. The molecule has 0 aliphatic heterocycles. The highest BCUT2D eigenvalue weighted by molar-refractivity contribution is 6.28. The predicted molar refractivity (Wildman–Crippen MR) is 139 cm³/mol. The Labute approximate surface area is 196 Å². The summed E-state index contributed by atoms with van der Waals surface area (Å²) in [6.07, 6.45) is 1.91. The Morgan fingerprint density at radius 2 is 1.65 bits per heavy atom. The lowest BCUT2D eigenvalue weighted by Crippen LogP contribution is -2.30. The molecule has 0 aliphatic carbocycles. The normalized spacial score (nSPS) is 12.7. The van der Waals surface area contributed by atoms with E-state index < -0.39 is 5.54 Å². The third kappa shape index (κ3) is 2.17. The highest BCUT2D eigenvalue weighted by Crippen LogP contribution is 2.45. The van der Waals surface area contributed by atoms with E-state index in [9.17, 15) is 0 Å². The highest BCUT2D eigenvalue weighted by atomic mass is 15.0. The molecular formula is C30H23N4+. The van der Waals surface area contributed by atoms with Crippen molar-refractivity contribution in [3.05, 3.63) is 89.5 Å². The van der Waals surface area contributed by atoms with Gasteiger partial charge in [0, 0.05) is 36.1 Å². The summed E-state index contributed by atoms with van der Waals surface area (Å²) in [5.74, 6) is 0. The first kappa shape index (κ1) is 19.3. The van der Waals surface area contributed by atoms with Gasteiger partial charge in [-0.15, -0.1) is 0 Å². The van der Waals surface area contributed by atoms with Gasteiger partial charge < -0.3 is 9.25 Å². The molecular weight excluding hydrogens is 416 g/mol. The lowest BCUT2D eigenvalue weighted by Gasteiger charge is -2.17. The Morgan fingerprint density at radius 3 is 2.44 bits per heavy atom. The Kier molecular flexibility index (Phi) is 3.52. The van der Waals surface area contributed by atoms with Gasteiger partial charge in [0.15, 0.2) is 5.52 Å². The number of fused-ring (bicyclic) bond motifs is 7. The summed E-state index contributed by atoms with van der Waals surface area (Å²) < 4.78 is 4.57. The fraction of sp³-hybridized carbons (Fsp3) is 0.167. The number of hydrogen-bond donors (Lipinski definition) is 0. The molecule has 0 saturated carbocycles. The molecule has 4 nitrogen and oxygen atoms in total. The molecule has 0 aliphatic rings. The number of hydrogen-bond acceptors (Lipinski definition) is 1. The average molecular weight is 440 g/mol. The predicted octanol–water partition coefficient (Wildman–Crippen LogP) is 6.83. The van der Waals surface area contributed by atoms with Crippen molar-refractivity contribution in [1.29, 1.82) is 0 Å².